The number of benzene rings is 3. The molecule has 370 valence electrons. The molecule has 4 heterocycles. The van der Waals surface area contributed by atoms with Gasteiger partial charge in [-0.3, -0.25) is 24.8 Å². The summed E-state index contributed by atoms with van der Waals surface area (Å²) in [6.45, 7) is 15.8. The van der Waals surface area contributed by atoms with Crippen LogP contribution >= 0.6 is 0 Å². The summed E-state index contributed by atoms with van der Waals surface area (Å²) in [4.78, 5) is 55.3. The van der Waals surface area contributed by atoms with E-state index in [9.17, 15) is 9.59 Å². The fraction of sp³-hybridized carbons (Fsp3) is 0.462. The summed E-state index contributed by atoms with van der Waals surface area (Å²) in [6.07, 6.45) is 1.56. The highest BCUT2D eigenvalue weighted by molar-refractivity contribution is 5.89. The second kappa shape index (κ2) is 24.5. The number of urea groups is 1. The molecule has 2 bridgehead atoms. The minimum absolute atomic E-state index is 0.0849. The standard InChI is InChI=1S/C52H67F2N9O6/c1-6-23-61(58-52(66)55-27-37-15-11-9-12-16-37)33-48(64)57-47(24-39-19-21-44(26-46(39)54)69-35-38-17-13-10-14-18-38)51(65)60(34-49(67-7-2)68-8-3)28-40-20-22-45(53)50(56-40)59-29-43(30-59)63-32-41-25-42(63)31-62(41)36(4)5/h6,9-22,26,36,41-43,47,49H,1,7-8,23-25,27-35H2,2-5H3,(H,57,64)(H2,55,58,66)/t41-,42?,47-/m0/s1. The molecule has 3 fully saturated rings. The fourth-order valence-corrected chi connectivity index (χ4v) is 9.40. The van der Waals surface area contributed by atoms with Gasteiger partial charge in [-0.05, 0) is 69.0 Å². The van der Waals surface area contributed by atoms with Crippen LogP contribution in [0.3, 0.4) is 0 Å². The highest BCUT2D eigenvalue weighted by atomic mass is 19.1. The number of anilines is 1. The van der Waals surface area contributed by atoms with Crippen molar-refractivity contribution in [3.63, 3.8) is 0 Å². The van der Waals surface area contributed by atoms with E-state index < -0.39 is 41.8 Å². The third-order valence-corrected chi connectivity index (χ3v) is 12.8. The molecule has 0 aliphatic carbocycles. The number of carbonyl (C=O) groups excluding carboxylic acids is 3. The molecule has 3 aromatic carbocycles. The zero-order valence-corrected chi connectivity index (χ0v) is 40.2. The van der Waals surface area contributed by atoms with Crippen LogP contribution in [0.25, 0.3) is 0 Å². The Balaban J connectivity index is 1.10. The Morgan fingerprint density at radius 2 is 1.58 bits per heavy atom. The SMILES string of the molecule is C=CCN(CC(=O)N[C@@H](Cc1ccc(OCc2ccccc2)cc1F)C(=O)N(Cc1ccc(F)c(N2CC(N3C[C@@H]4CC3CN4C(C)C)C2)n1)CC(OCC)OCC)NC(=O)NCc1ccccc1. The molecule has 1 aromatic heterocycles. The molecule has 1 unspecified atom stereocenters. The Hall–Kier alpha value is -5.98. The van der Waals surface area contributed by atoms with Gasteiger partial charge in [0.15, 0.2) is 17.9 Å². The summed E-state index contributed by atoms with van der Waals surface area (Å²) >= 11 is 0. The topological polar surface area (TPSA) is 144 Å². The average molecular weight is 952 g/mol. The first-order chi connectivity index (χ1) is 33.4. The summed E-state index contributed by atoms with van der Waals surface area (Å²) < 4.78 is 49.4. The van der Waals surface area contributed by atoms with Crippen molar-refractivity contribution >= 4 is 23.7 Å². The number of amides is 4. The molecular weight excluding hydrogens is 885 g/mol. The predicted molar refractivity (Wildman–Crippen MR) is 260 cm³/mol. The lowest BCUT2D eigenvalue weighted by Crippen LogP contribution is -2.64. The van der Waals surface area contributed by atoms with Crippen LogP contribution < -0.4 is 25.7 Å². The number of hydrogen-bond acceptors (Lipinski definition) is 11. The predicted octanol–water partition coefficient (Wildman–Crippen LogP) is 5.65. The number of hydrazine groups is 1. The summed E-state index contributed by atoms with van der Waals surface area (Å²) in [5.41, 5.74) is 5.02. The maximum absolute atomic E-state index is 16.1. The highest BCUT2D eigenvalue weighted by Crippen LogP contribution is 2.36. The number of nitrogens with zero attached hydrogens (tertiary/aromatic N) is 6. The molecule has 15 nitrogen and oxygen atoms in total. The minimum Gasteiger partial charge on any atom is -0.489 e. The summed E-state index contributed by atoms with van der Waals surface area (Å²) in [6, 6.07) is 26.1. The number of likely N-dealkylation sites (tertiary alicyclic amines) is 2. The Morgan fingerprint density at radius 3 is 2.22 bits per heavy atom. The lowest BCUT2D eigenvalue weighted by atomic mass is 10.0. The Bertz CT molecular complexity index is 2320. The number of fused-ring (bicyclic) bond motifs is 2. The van der Waals surface area contributed by atoms with Crippen LogP contribution in [0.15, 0.2) is 104 Å². The molecule has 3 aliphatic heterocycles. The van der Waals surface area contributed by atoms with Gasteiger partial charge in [-0.15, -0.1) is 6.58 Å². The second-order valence-electron chi connectivity index (χ2n) is 18.1. The monoisotopic (exact) mass is 952 g/mol. The van der Waals surface area contributed by atoms with Crippen molar-refractivity contribution in [2.75, 3.05) is 63.9 Å². The molecule has 4 amide bonds. The van der Waals surface area contributed by atoms with Crippen LogP contribution in [0.4, 0.5) is 19.4 Å². The largest absolute Gasteiger partial charge is 0.489 e. The van der Waals surface area contributed by atoms with Crippen LogP contribution in [-0.4, -0.2) is 138 Å². The van der Waals surface area contributed by atoms with Gasteiger partial charge >= 0.3 is 6.03 Å². The first kappa shape index (κ1) is 50.9. The van der Waals surface area contributed by atoms with Crippen molar-refractivity contribution in [3.8, 4) is 5.75 Å². The van der Waals surface area contributed by atoms with E-state index in [2.05, 4.69) is 46.3 Å². The van der Waals surface area contributed by atoms with Crippen molar-refractivity contribution in [3.05, 3.63) is 138 Å². The number of aromatic nitrogens is 1. The van der Waals surface area contributed by atoms with E-state index in [1.165, 1.54) is 40.3 Å². The summed E-state index contributed by atoms with van der Waals surface area (Å²) in [5, 5.41) is 6.96. The van der Waals surface area contributed by atoms with Crippen molar-refractivity contribution in [1.29, 1.82) is 0 Å². The summed E-state index contributed by atoms with van der Waals surface area (Å²) in [7, 11) is 0. The fourth-order valence-electron chi connectivity index (χ4n) is 9.40. The van der Waals surface area contributed by atoms with E-state index in [1.807, 2.05) is 79.4 Å². The van der Waals surface area contributed by atoms with Crippen LogP contribution in [-0.2, 0) is 45.2 Å². The smallest absolute Gasteiger partial charge is 0.329 e. The third-order valence-electron chi connectivity index (χ3n) is 12.8. The van der Waals surface area contributed by atoms with Gasteiger partial charge in [-0.25, -0.2) is 23.6 Å². The lowest BCUT2D eigenvalue weighted by Gasteiger charge is -2.49. The maximum atomic E-state index is 16.1. The van der Waals surface area contributed by atoms with Gasteiger partial charge in [0.1, 0.15) is 24.2 Å². The van der Waals surface area contributed by atoms with Crippen molar-refractivity contribution in [2.24, 2.45) is 0 Å². The Morgan fingerprint density at radius 1 is 0.870 bits per heavy atom. The third kappa shape index (κ3) is 13.8. The molecule has 0 spiro atoms. The Labute approximate surface area is 404 Å². The number of pyridine rings is 1. The van der Waals surface area contributed by atoms with E-state index in [-0.39, 0.29) is 70.3 Å². The van der Waals surface area contributed by atoms with Gasteiger partial charge in [0.2, 0.25) is 11.8 Å². The number of piperazine rings is 1. The maximum Gasteiger partial charge on any atom is 0.329 e. The normalized spacial score (nSPS) is 17.6. The molecule has 3 N–H and O–H groups in total. The van der Waals surface area contributed by atoms with Crippen LogP contribution in [0.5, 0.6) is 5.75 Å². The van der Waals surface area contributed by atoms with Crippen LogP contribution in [0.2, 0.25) is 0 Å². The minimum atomic E-state index is -1.33. The van der Waals surface area contributed by atoms with E-state index >= 15 is 13.6 Å². The van der Waals surface area contributed by atoms with Gasteiger partial charge in [-0.2, -0.15) is 0 Å². The van der Waals surface area contributed by atoms with Gasteiger partial charge in [0, 0.05) is 89.1 Å². The van der Waals surface area contributed by atoms with Crippen LogP contribution in [0, 0.1) is 11.6 Å². The molecular formula is C52H67F2N9O6. The Kier molecular flexibility index (Phi) is 18.1. The van der Waals surface area contributed by atoms with Crippen LogP contribution in [0.1, 0.15) is 56.5 Å². The molecule has 3 aliphatic rings. The molecule has 0 saturated carbocycles. The first-order valence-corrected chi connectivity index (χ1v) is 24.0. The zero-order valence-electron chi connectivity index (χ0n) is 40.2. The van der Waals surface area contributed by atoms with Gasteiger partial charge in [-0.1, -0.05) is 72.8 Å². The first-order valence-electron chi connectivity index (χ1n) is 24.0. The zero-order chi connectivity index (χ0) is 48.9. The number of hydrogen-bond donors (Lipinski definition) is 3. The molecule has 17 heteroatoms. The van der Waals surface area contributed by atoms with Gasteiger partial charge in [0.25, 0.3) is 0 Å². The van der Waals surface area contributed by atoms with Crippen molar-refractivity contribution in [1.82, 2.24) is 40.8 Å². The van der Waals surface area contributed by atoms with Gasteiger partial charge in [0.05, 0.1) is 25.3 Å². The van der Waals surface area contributed by atoms with E-state index in [0.29, 0.717) is 48.7 Å². The molecule has 4 aromatic rings. The van der Waals surface area contributed by atoms with E-state index in [1.54, 1.807) is 6.07 Å². The van der Waals surface area contributed by atoms with Crippen molar-refractivity contribution in [2.45, 2.75) is 96.7 Å². The number of ether oxygens (including phenoxy) is 3. The van der Waals surface area contributed by atoms with E-state index in [4.69, 9.17) is 19.2 Å². The molecule has 3 saturated heterocycles. The molecule has 69 heavy (non-hydrogen) atoms. The molecule has 7 rings (SSSR count). The van der Waals surface area contributed by atoms with E-state index in [0.717, 1.165) is 30.6 Å². The average Bonchev–Trinajstić information content (AvgIpc) is 3.94. The molecule has 0 radical (unpaired) electrons. The van der Waals surface area contributed by atoms with Gasteiger partial charge < -0.3 is 34.6 Å². The number of rotatable bonds is 25. The van der Waals surface area contributed by atoms with Crippen molar-refractivity contribution < 1.29 is 37.4 Å². The lowest BCUT2D eigenvalue weighted by molar-refractivity contribution is -0.161. The number of halogens is 2. The molecule has 3 atom stereocenters. The quantitative estimate of drug-likeness (QED) is 0.0431. The highest BCUT2D eigenvalue weighted by Gasteiger charge is 2.49. The number of carbonyl (C=O) groups is 3. The number of nitrogens with one attached hydrogen (secondary N) is 3. The second-order valence-corrected chi connectivity index (χ2v) is 18.1. The summed E-state index contributed by atoms with van der Waals surface area (Å²) in [5.74, 6) is -1.82.